The van der Waals surface area contributed by atoms with Crippen LogP contribution >= 0.6 is 0 Å². The van der Waals surface area contributed by atoms with Gasteiger partial charge in [-0.05, 0) is 32.4 Å². The summed E-state index contributed by atoms with van der Waals surface area (Å²) in [5.41, 5.74) is 2.89. The molecule has 0 unspecified atom stereocenters. The van der Waals surface area contributed by atoms with Crippen molar-refractivity contribution in [1.82, 2.24) is 0 Å². The Balaban J connectivity index is 4.58. The van der Waals surface area contributed by atoms with Crippen LogP contribution in [0, 0.1) is 0 Å². The van der Waals surface area contributed by atoms with Crippen LogP contribution in [0.25, 0.3) is 0 Å². The Morgan fingerprint density at radius 2 is 1.85 bits per heavy atom. The van der Waals surface area contributed by atoms with E-state index >= 15 is 0 Å². The van der Waals surface area contributed by atoms with Crippen LogP contribution in [-0.2, 0) is 4.79 Å². The third-order valence-electron chi connectivity index (χ3n) is 2.13. The molecule has 72 valence electrons. The van der Waals surface area contributed by atoms with Gasteiger partial charge < -0.3 is 0 Å². The summed E-state index contributed by atoms with van der Waals surface area (Å²) in [4.78, 5) is 11.2. The van der Waals surface area contributed by atoms with E-state index in [1.807, 2.05) is 39.8 Å². The van der Waals surface area contributed by atoms with Gasteiger partial charge in [0, 0.05) is 12.0 Å². The van der Waals surface area contributed by atoms with Gasteiger partial charge in [0.05, 0.1) is 0 Å². The van der Waals surface area contributed by atoms with Crippen LogP contribution in [0.15, 0.2) is 35.5 Å². The third kappa shape index (κ3) is 3.88. The summed E-state index contributed by atoms with van der Waals surface area (Å²) in [6.07, 6.45) is 4.40. The first-order chi connectivity index (χ1) is 6.02. The van der Waals surface area contributed by atoms with E-state index in [4.69, 9.17) is 0 Å². The summed E-state index contributed by atoms with van der Waals surface area (Å²) >= 11 is 0. The Labute approximate surface area is 80.8 Å². The lowest BCUT2D eigenvalue weighted by molar-refractivity contribution is -0.114. The zero-order chi connectivity index (χ0) is 10.4. The fraction of sp³-hybridized carbons (Fsp3) is 0.417. The monoisotopic (exact) mass is 178 g/mol. The average Bonchev–Trinajstić information content (AvgIpc) is 2.14. The van der Waals surface area contributed by atoms with Crippen LogP contribution in [0.1, 0.15) is 34.1 Å². The first-order valence-electron chi connectivity index (χ1n) is 4.56. The molecule has 0 aliphatic heterocycles. The molecule has 0 amide bonds. The standard InChI is InChI=1S/C12H18O/c1-6-9(3)10(4)8-11(5)12(13)7-2/h6,8H,5,7H2,1-4H3/b9-6-,10-8-. The maximum atomic E-state index is 11.2. The molecule has 13 heavy (non-hydrogen) atoms. The molecule has 0 saturated heterocycles. The van der Waals surface area contributed by atoms with Gasteiger partial charge in [0.25, 0.3) is 0 Å². The predicted octanol–water partition coefficient (Wildman–Crippen LogP) is 3.43. The van der Waals surface area contributed by atoms with Crippen molar-refractivity contribution in [2.45, 2.75) is 34.1 Å². The Bertz CT molecular complexity index is 267. The lowest BCUT2D eigenvalue weighted by Gasteiger charge is -2.01. The van der Waals surface area contributed by atoms with Crippen LogP contribution in [-0.4, -0.2) is 5.78 Å². The largest absolute Gasteiger partial charge is 0.294 e. The van der Waals surface area contributed by atoms with Crippen molar-refractivity contribution < 1.29 is 4.79 Å². The molecular weight excluding hydrogens is 160 g/mol. The molecule has 0 aromatic heterocycles. The zero-order valence-corrected chi connectivity index (χ0v) is 8.98. The molecule has 1 heteroatoms. The van der Waals surface area contributed by atoms with Crippen molar-refractivity contribution in [2.24, 2.45) is 0 Å². The minimum absolute atomic E-state index is 0.114. The molecular formula is C12H18O. The van der Waals surface area contributed by atoms with Crippen LogP contribution in [0.5, 0.6) is 0 Å². The van der Waals surface area contributed by atoms with E-state index in [0.29, 0.717) is 12.0 Å². The van der Waals surface area contributed by atoms with E-state index in [2.05, 4.69) is 6.58 Å². The molecule has 0 saturated carbocycles. The molecule has 0 fully saturated rings. The molecule has 0 aromatic rings. The number of rotatable bonds is 4. The summed E-state index contributed by atoms with van der Waals surface area (Å²) in [5, 5.41) is 0. The van der Waals surface area contributed by atoms with Gasteiger partial charge in [-0.2, -0.15) is 0 Å². The highest BCUT2D eigenvalue weighted by molar-refractivity contribution is 5.97. The highest BCUT2D eigenvalue weighted by atomic mass is 16.1. The second-order valence-electron chi connectivity index (χ2n) is 3.10. The number of hydrogen-bond donors (Lipinski definition) is 0. The second-order valence-corrected chi connectivity index (χ2v) is 3.10. The van der Waals surface area contributed by atoms with Gasteiger partial charge >= 0.3 is 0 Å². The summed E-state index contributed by atoms with van der Waals surface area (Å²) < 4.78 is 0. The minimum atomic E-state index is 0.114. The molecule has 1 nitrogen and oxygen atoms in total. The van der Waals surface area contributed by atoms with Gasteiger partial charge in [0.15, 0.2) is 5.78 Å². The first kappa shape index (κ1) is 11.9. The summed E-state index contributed by atoms with van der Waals surface area (Å²) in [7, 11) is 0. The highest BCUT2D eigenvalue weighted by Gasteiger charge is 2.01. The molecule has 0 radical (unpaired) electrons. The van der Waals surface area contributed by atoms with Gasteiger partial charge in [0.1, 0.15) is 0 Å². The Hall–Kier alpha value is -1.11. The topological polar surface area (TPSA) is 17.1 Å². The maximum absolute atomic E-state index is 11.2. The molecule has 0 aromatic carbocycles. The first-order valence-corrected chi connectivity index (χ1v) is 4.56. The second kappa shape index (κ2) is 5.52. The van der Waals surface area contributed by atoms with Crippen LogP contribution < -0.4 is 0 Å². The SMILES string of the molecule is C=C(/C=C(C)\C(C)=C/C)C(=O)CC. The lowest BCUT2D eigenvalue weighted by atomic mass is 10.0. The van der Waals surface area contributed by atoms with Gasteiger partial charge in [-0.3, -0.25) is 4.79 Å². The number of carbonyl (C=O) groups is 1. The molecule has 0 bridgehead atoms. The van der Waals surface area contributed by atoms with Crippen LogP contribution in [0.3, 0.4) is 0 Å². The average molecular weight is 178 g/mol. The molecule has 0 aliphatic rings. The predicted molar refractivity (Wildman–Crippen MR) is 57.6 cm³/mol. The molecule has 0 aliphatic carbocycles. The van der Waals surface area contributed by atoms with Crippen molar-refractivity contribution >= 4 is 5.78 Å². The molecule has 0 atom stereocenters. The van der Waals surface area contributed by atoms with Crippen molar-refractivity contribution in [3.8, 4) is 0 Å². The van der Waals surface area contributed by atoms with Crippen molar-refractivity contribution in [3.05, 3.63) is 35.5 Å². The minimum Gasteiger partial charge on any atom is -0.294 e. The fourth-order valence-corrected chi connectivity index (χ4v) is 0.910. The quantitative estimate of drug-likeness (QED) is 0.476. The molecule has 0 spiro atoms. The smallest absolute Gasteiger partial charge is 0.162 e. The Morgan fingerprint density at radius 3 is 2.23 bits per heavy atom. The van der Waals surface area contributed by atoms with Crippen molar-refractivity contribution in [2.75, 3.05) is 0 Å². The molecule has 0 N–H and O–H groups in total. The third-order valence-corrected chi connectivity index (χ3v) is 2.13. The van der Waals surface area contributed by atoms with Gasteiger partial charge in [0.2, 0.25) is 0 Å². The van der Waals surface area contributed by atoms with Crippen LogP contribution in [0.4, 0.5) is 0 Å². The molecule has 0 rings (SSSR count). The number of ketones is 1. The normalized spacial score (nSPS) is 12.9. The van der Waals surface area contributed by atoms with E-state index in [1.165, 1.54) is 5.57 Å². The lowest BCUT2D eigenvalue weighted by Crippen LogP contribution is -1.97. The number of hydrogen-bond acceptors (Lipinski definition) is 1. The highest BCUT2D eigenvalue weighted by Crippen LogP contribution is 2.11. The number of carbonyl (C=O) groups excluding carboxylic acids is 1. The van der Waals surface area contributed by atoms with Gasteiger partial charge in [-0.15, -0.1) is 0 Å². The van der Waals surface area contributed by atoms with E-state index in [-0.39, 0.29) is 5.78 Å². The zero-order valence-electron chi connectivity index (χ0n) is 8.98. The van der Waals surface area contributed by atoms with E-state index < -0.39 is 0 Å². The van der Waals surface area contributed by atoms with Crippen molar-refractivity contribution in [1.29, 1.82) is 0 Å². The van der Waals surface area contributed by atoms with E-state index in [1.54, 1.807) is 0 Å². The van der Waals surface area contributed by atoms with E-state index in [9.17, 15) is 4.79 Å². The molecule has 0 heterocycles. The number of Topliss-reactive ketones (excluding diaryl/α,β-unsaturated/α-hetero) is 1. The van der Waals surface area contributed by atoms with E-state index in [0.717, 1.165) is 5.57 Å². The summed E-state index contributed by atoms with van der Waals surface area (Å²) in [6.45, 7) is 11.6. The fourth-order valence-electron chi connectivity index (χ4n) is 0.910. The Kier molecular flexibility index (Phi) is 5.05. The van der Waals surface area contributed by atoms with Gasteiger partial charge in [-0.25, -0.2) is 0 Å². The summed E-state index contributed by atoms with van der Waals surface area (Å²) in [5.74, 6) is 0.114. The van der Waals surface area contributed by atoms with Gasteiger partial charge in [-0.1, -0.05) is 25.2 Å². The van der Waals surface area contributed by atoms with Crippen LogP contribution in [0.2, 0.25) is 0 Å². The Morgan fingerprint density at radius 1 is 1.31 bits per heavy atom. The summed E-state index contributed by atoms with van der Waals surface area (Å²) in [6, 6.07) is 0. The van der Waals surface area contributed by atoms with Crippen molar-refractivity contribution in [3.63, 3.8) is 0 Å². The maximum Gasteiger partial charge on any atom is 0.162 e. The number of allylic oxidation sites excluding steroid dienone is 5.